The van der Waals surface area contributed by atoms with E-state index in [0.717, 1.165) is 18.6 Å². The number of nitrogens with one attached hydrogen (secondary N) is 1. The van der Waals surface area contributed by atoms with Crippen molar-refractivity contribution in [1.29, 1.82) is 0 Å². The first-order valence-electron chi connectivity index (χ1n) is 5.19. The second-order valence-corrected chi connectivity index (χ2v) is 4.23. The number of furan rings is 1. The molecule has 3 N–H and O–H groups in total. The SMILES string of the molecule is Cc1cc(C(=O)NC2CC(N)C2)c(C)o1. The van der Waals surface area contributed by atoms with Crippen LogP contribution in [0.25, 0.3) is 0 Å². The molecule has 1 saturated carbocycles. The molecular formula is C11H16N2O2. The van der Waals surface area contributed by atoms with Crippen LogP contribution in [-0.4, -0.2) is 18.0 Å². The molecule has 0 aliphatic heterocycles. The van der Waals surface area contributed by atoms with E-state index in [2.05, 4.69) is 5.32 Å². The highest BCUT2D eigenvalue weighted by atomic mass is 16.3. The Morgan fingerprint density at radius 3 is 2.67 bits per heavy atom. The van der Waals surface area contributed by atoms with E-state index in [1.807, 2.05) is 6.92 Å². The van der Waals surface area contributed by atoms with Gasteiger partial charge in [-0.2, -0.15) is 0 Å². The smallest absolute Gasteiger partial charge is 0.255 e. The highest BCUT2D eigenvalue weighted by Crippen LogP contribution is 2.19. The molecule has 0 unspecified atom stereocenters. The van der Waals surface area contributed by atoms with Gasteiger partial charge in [0.05, 0.1) is 5.56 Å². The van der Waals surface area contributed by atoms with Crippen LogP contribution >= 0.6 is 0 Å². The average Bonchev–Trinajstić information content (AvgIpc) is 2.42. The van der Waals surface area contributed by atoms with Gasteiger partial charge in [0, 0.05) is 12.1 Å². The molecule has 0 atom stereocenters. The van der Waals surface area contributed by atoms with Crippen molar-refractivity contribution in [3.63, 3.8) is 0 Å². The van der Waals surface area contributed by atoms with Crippen molar-refractivity contribution < 1.29 is 9.21 Å². The first kappa shape index (κ1) is 10.2. The molecule has 2 rings (SSSR count). The predicted molar refractivity (Wildman–Crippen MR) is 56.6 cm³/mol. The van der Waals surface area contributed by atoms with Crippen molar-refractivity contribution in [2.24, 2.45) is 5.73 Å². The number of rotatable bonds is 2. The first-order valence-corrected chi connectivity index (χ1v) is 5.19. The lowest BCUT2D eigenvalue weighted by Crippen LogP contribution is -2.50. The molecule has 1 aliphatic rings. The second-order valence-electron chi connectivity index (χ2n) is 4.23. The Morgan fingerprint density at radius 2 is 2.20 bits per heavy atom. The summed E-state index contributed by atoms with van der Waals surface area (Å²) in [6, 6.07) is 2.26. The first-order chi connectivity index (χ1) is 7.06. The number of amides is 1. The molecule has 1 fully saturated rings. The second kappa shape index (κ2) is 3.70. The van der Waals surface area contributed by atoms with E-state index in [1.165, 1.54) is 0 Å². The van der Waals surface area contributed by atoms with E-state index in [-0.39, 0.29) is 18.0 Å². The summed E-state index contributed by atoms with van der Waals surface area (Å²) < 4.78 is 5.30. The molecule has 4 nitrogen and oxygen atoms in total. The number of hydrogen-bond donors (Lipinski definition) is 2. The van der Waals surface area contributed by atoms with Gasteiger partial charge in [-0.05, 0) is 32.8 Å². The van der Waals surface area contributed by atoms with Crippen LogP contribution in [0, 0.1) is 13.8 Å². The van der Waals surface area contributed by atoms with Gasteiger partial charge in [-0.1, -0.05) is 0 Å². The Morgan fingerprint density at radius 1 is 1.53 bits per heavy atom. The van der Waals surface area contributed by atoms with Gasteiger partial charge in [-0.15, -0.1) is 0 Å². The van der Waals surface area contributed by atoms with Crippen molar-refractivity contribution in [2.45, 2.75) is 38.8 Å². The fourth-order valence-electron chi connectivity index (χ4n) is 1.90. The third-order valence-electron chi connectivity index (χ3n) is 2.80. The number of hydrogen-bond acceptors (Lipinski definition) is 3. The van der Waals surface area contributed by atoms with E-state index in [1.54, 1.807) is 13.0 Å². The molecule has 1 aromatic heterocycles. The fraction of sp³-hybridized carbons (Fsp3) is 0.545. The van der Waals surface area contributed by atoms with Crippen LogP contribution in [0.5, 0.6) is 0 Å². The molecule has 4 heteroatoms. The van der Waals surface area contributed by atoms with Gasteiger partial charge < -0.3 is 15.5 Å². The van der Waals surface area contributed by atoms with Crippen LogP contribution in [0.1, 0.15) is 34.7 Å². The molecule has 0 spiro atoms. The average molecular weight is 208 g/mol. The maximum Gasteiger partial charge on any atom is 0.255 e. The van der Waals surface area contributed by atoms with Gasteiger partial charge >= 0.3 is 0 Å². The topological polar surface area (TPSA) is 68.3 Å². The molecule has 0 radical (unpaired) electrons. The van der Waals surface area contributed by atoms with Crippen LogP contribution in [0.3, 0.4) is 0 Å². The summed E-state index contributed by atoms with van der Waals surface area (Å²) in [4.78, 5) is 11.8. The fourth-order valence-corrected chi connectivity index (χ4v) is 1.90. The highest BCUT2D eigenvalue weighted by molar-refractivity contribution is 5.95. The van der Waals surface area contributed by atoms with Crippen molar-refractivity contribution in [3.8, 4) is 0 Å². The Hall–Kier alpha value is -1.29. The zero-order valence-electron chi connectivity index (χ0n) is 9.04. The number of nitrogens with two attached hydrogens (primary N) is 1. The molecular weight excluding hydrogens is 192 g/mol. The lowest BCUT2D eigenvalue weighted by molar-refractivity contribution is 0.0908. The Bertz CT molecular complexity index is 378. The third kappa shape index (κ3) is 2.04. The summed E-state index contributed by atoms with van der Waals surface area (Å²) in [7, 11) is 0. The van der Waals surface area contributed by atoms with Crippen molar-refractivity contribution in [1.82, 2.24) is 5.32 Å². The van der Waals surface area contributed by atoms with Crippen molar-refractivity contribution in [3.05, 3.63) is 23.2 Å². The van der Waals surface area contributed by atoms with Gasteiger partial charge in [0.2, 0.25) is 0 Å². The summed E-state index contributed by atoms with van der Waals surface area (Å²) in [6.07, 6.45) is 1.75. The Kier molecular flexibility index (Phi) is 2.52. The molecule has 1 heterocycles. The minimum Gasteiger partial charge on any atom is -0.466 e. The minimum absolute atomic E-state index is 0.0544. The minimum atomic E-state index is -0.0544. The van der Waals surface area contributed by atoms with Crippen LogP contribution in [0.2, 0.25) is 0 Å². The highest BCUT2D eigenvalue weighted by Gasteiger charge is 2.28. The van der Waals surface area contributed by atoms with Gasteiger partial charge in [0.25, 0.3) is 5.91 Å². The Labute approximate surface area is 88.8 Å². The van der Waals surface area contributed by atoms with Crippen molar-refractivity contribution >= 4 is 5.91 Å². The summed E-state index contributed by atoms with van der Waals surface area (Å²) >= 11 is 0. The number of aryl methyl sites for hydroxylation is 2. The molecule has 1 amide bonds. The summed E-state index contributed by atoms with van der Waals surface area (Å²) in [5.41, 5.74) is 6.28. The molecule has 0 aromatic carbocycles. The molecule has 0 saturated heterocycles. The van der Waals surface area contributed by atoms with Gasteiger partial charge in [0.15, 0.2) is 0 Å². The third-order valence-corrected chi connectivity index (χ3v) is 2.80. The van der Waals surface area contributed by atoms with Crippen molar-refractivity contribution in [2.75, 3.05) is 0 Å². The number of carbonyl (C=O) groups excluding carboxylic acids is 1. The van der Waals surface area contributed by atoms with Crippen LogP contribution in [-0.2, 0) is 0 Å². The molecule has 15 heavy (non-hydrogen) atoms. The maximum atomic E-state index is 11.8. The molecule has 1 aliphatic carbocycles. The number of carbonyl (C=O) groups is 1. The maximum absolute atomic E-state index is 11.8. The normalized spacial score (nSPS) is 24.7. The zero-order chi connectivity index (χ0) is 11.0. The largest absolute Gasteiger partial charge is 0.466 e. The van der Waals surface area contributed by atoms with Gasteiger partial charge in [-0.3, -0.25) is 4.79 Å². The summed E-state index contributed by atoms with van der Waals surface area (Å²) in [6.45, 7) is 3.64. The van der Waals surface area contributed by atoms with E-state index >= 15 is 0 Å². The molecule has 0 bridgehead atoms. The Balaban J connectivity index is 1.99. The summed E-state index contributed by atoms with van der Waals surface area (Å²) in [5.74, 6) is 1.39. The quantitative estimate of drug-likeness (QED) is 0.765. The van der Waals surface area contributed by atoms with E-state index < -0.39 is 0 Å². The van der Waals surface area contributed by atoms with Crippen LogP contribution in [0.15, 0.2) is 10.5 Å². The predicted octanol–water partition coefficient (Wildman–Crippen LogP) is 1.12. The van der Waals surface area contributed by atoms with Crippen LogP contribution < -0.4 is 11.1 Å². The molecule has 1 aromatic rings. The van der Waals surface area contributed by atoms with E-state index in [9.17, 15) is 4.79 Å². The standard InChI is InChI=1S/C11H16N2O2/c1-6-3-10(7(2)15-6)11(14)13-9-4-8(12)5-9/h3,8-9H,4-5,12H2,1-2H3,(H,13,14). The summed E-state index contributed by atoms with van der Waals surface area (Å²) in [5, 5.41) is 2.94. The monoisotopic (exact) mass is 208 g/mol. The lowest BCUT2D eigenvalue weighted by Gasteiger charge is -2.32. The van der Waals surface area contributed by atoms with E-state index in [0.29, 0.717) is 11.3 Å². The zero-order valence-corrected chi connectivity index (χ0v) is 9.04. The van der Waals surface area contributed by atoms with Gasteiger partial charge in [-0.25, -0.2) is 0 Å². The lowest BCUT2D eigenvalue weighted by atomic mass is 9.87. The molecule has 82 valence electrons. The van der Waals surface area contributed by atoms with E-state index in [4.69, 9.17) is 10.2 Å². The van der Waals surface area contributed by atoms with Gasteiger partial charge in [0.1, 0.15) is 11.5 Å². The van der Waals surface area contributed by atoms with Crippen LogP contribution in [0.4, 0.5) is 0 Å².